The molecule has 2 amide bonds. The van der Waals surface area contributed by atoms with E-state index < -0.39 is 0 Å². The van der Waals surface area contributed by atoms with Gasteiger partial charge in [-0.05, 0) is 48.4 Å². The first kappa shape index (κ1) is 21.4. The van der Waals surface area contributed by atoms with E-state index in [1.165, 1.54) is 10.9 Å². The van der Waals surface area contributed by atoms with Gasteiger partial charge in [0.05, 0.1) is 11.9 Å². The number of benzene rings is 2. The highest BCUT2D eigenvalue weighted by atomic mass is 35.5. The largest absolute Gasteiger partial charge is 0.489 e. The highest BCUT2D eigenvalue weighted by Crippen LogP contribution is 2.19. The monoisotopic (exact) mass is 426 g/mol. The van der Waals surface area contributed by atoms with Crippen molar-refractivity contribution in [3.8, 4) is 5.75 Å². The molecular weight excluding hydrogens is 404 g/mol. The molecule has 156 valence electrons. The Morgan fingerprint density at radius 2 is 1.90 bits per heavy atom. The fraction of sp³-hybridized carbons (Fsp3) is 0.227. The Kier molecular flexibility index (Phi) is 7.08. The first-order valence-corrected chi connectivity index (χ1v) is 9.94. The minimum absolute atomic E-state index is 0.280. The van der Waals surface area contributed by atoms with Crippen LogP contribution in [0.1, 0.15) is 39.8 Å². The number of carbonyl (C=O) groups excluding carboxylic acids is 2. The van der Waals surface area contributed by atoms with E-state index in [0.29, 0.717) is 40.9 Å². The van der Waals surface area contributed by atoms with E-state index in [2.05, 4.69) is 15.7 Å². The van der Waals surface area contributed by atoms with Gasteiger partial charge in [-0.1, -0.05) is 30.7 Å². The number of ether oxygens (including phenoxy) is 1. The zero-order valence-electron chi connectivity index (χ0n) is 16.8. The van der Waals surface area contributed by atoms with Crippen molar-refractivity contribution in [1.82, 2.24) is 15.1 Å². The minimum Gasteiger partial charge on any atom is -0.489 e. The van der Waals surface area contributed by atoms with E-state index in [4.69, 9.17) is 16.3 Å². The molecule has 1 heterocycles. The minimum atomic E-state index is -0.333. The van der Waals surface area contributed by atoms with Gasteiger partial charge < -0.3 is 15.4 Å². The summed E-state index contributed by atoms with van der Waals surface area (Å²) in [5.74, 6) is 0.0745. The SMILES string of the molecule is CCCNC(=O)c1c(NC(=O)c2cccc(COc3ccc(Cl)cc3)c2)cnn1C. The number of anilines is 1. The highest BCUT2D eigenvalue weighted by Gasteiger charge is 2.19. The van der Waals surface area contributed by atoms with Crippen LogP contribution in [0.4, 0.5) is 5.69 Å². The predicted octanol–water partition coefficient (Wildman–Crippen LogP) is 4.04. The molecule has 2 N–H and O–H groups in total. The second-order valence-corrected chi connectivity index (χ2v) is 7.12. The summed E-state index contributed by atoms with van der Waals surface area (Å²) >= 11 is 5.88. The molecule has 0 aliphatic carbocycles. The Labute approximate surface area is 180 Å². The normalized spacial score (nSPS) is 10.5. The van der Waals surface area contributed by atoms with Crippen molar-refractivity contribution in [2.75, 3.05) is 11.9 Å². The zero-order chi connectivity index (χ0) is 21.5. The van der Waals surface area contributed by atoms with E-state index in [0.717, 1.165) is 12.0 Å². The first-order chi connectivity index (χ1) is 14.5. The standard InChI is InChI=1S/C22H23ClN4O3/c1-3-11-24-22(29)20-19(13-25-27(20)2)26-21(28)16-6-4-5-15(12-16)14-30-18-9-7-17(23)8-10-18/h4-10,12-13H,3,11,14H2,1-2H3,(H,24,29)(H,26,28). The molecule has 3 rings (SSSR count). The molecule has 0 radical (unpaired) electrons. The lowest BCUT2D eigenvalue weighted by atomic mass is 10.1. The van der Waals surface area contributed by atoms with Crippen LogP contribution in [0, 0.1) is 0 Å². The molecule has 0 atom stereocenters. The fourth-order valence-corrected chi connectivity index (χ4v) is 2.94. The number of rotatable bonds is 8. The maximum atomic E-state index is 12.7. The first-order valence-electron chi connectivity index (χ1n) is 9.56. The topological polar surface area (TPSA) is 85.2 Å². The third-order valence-corrected chi connectivity index (χ3v) is 4.60. The van der Waals surface area contributed by atoms with Gasteiger partial charge in [-0.25, -0.2) is 0 Å². The molecular formula is C22H23ClN4O3. The molecule has 0 spiro atoms. The summed E-state index contributed by atoms with van der Waals surface area (Å²) < 4.78 is 7.18. The van der Waals surface area contributed by atoms with Crippen molar-refractivity contribution in [3.05, 3.63) is 76.6 Å². The predicted molar refractivity (Wildman–Crippen MR) is 116 cm³/mol. The number of carbonyl (C=O) groups is 2. The molecule has 0 aliphatic heterocycles. The molecule has 0 aliphatic rings. The summed E-state index contributed by atoms with van der Waals surface area (Å²) in [6.45, 7) is 2.82. The molecule has 7 nitrogen and oxygen atoms in total. The summed E-state index contributed by atoms with van der Waals surface area (Å²) in [6, 6.07) is 14.2. The van der Waals surface area contributed by atoms with Crippen molar-refractivity contribution in [3.63, 3.8) is 0 Å². The van der Waals surface area contributed by atoms with Crippen LogP contribution in [0.5, 0.6) is 5.75 Å². The molecule has 0 saturated heterocycles. The van der Waals surface area contributed by atoms with Gasteiger partial charge in [0.2, 0.25) is 0 Å². The van der Waals surface area contributed by atoms with Crippen LogP contribution in [0.3, 0.4) is 0 Å². The quantitative estimate of drug-likeness (QED) is 0.569. The van der Waals surface area contributed by atoms with E-state index in [-0.39, 0.29) is 11.8 Å². The lowest BCUT2D eigenvalue weighted by Gasteiger charge is -2.10. The molecule has 2 aromatic carbocycles. The van der Waals surface area contributed by atoms with Crippen LogP contribution in [0.2, 0.25) is 5.02 Å². The van der Waals surface area contributed by atoms with E-state index in [1.807, 2.05) is 13.0 Å². The average molecular weight is 427 g/mol. The number of nitrogens with one attached hydrogen (secondary N) is 2. The van der Waals surface area contributed by atoms with Crippen molar-refractivity contribution in [2.24, 2.45) is 7.05 Å². The van der Waals surface area contributed by atoms with Crippen LogP contribution in [0.25, 0.3) is 0 Å². The van der Waals surface area contributed by atoms with Crippen molar-refractivity contribution in [2.45, 2.75) is 20.0 Å². The van der Waals surface area contributed by atoms with Gasteiger partial charge in [-0.2, -0.15) is 5.10 Å². The van der Waals surface area contributed by atoms with Crippen molar-refractivity contribution >= 4 is 29.1 Å². The lowest BCUT2D eigenvalue weighted by molar-refractivity contribution is 0.0945. The summed E-state index contributed by atoms with van der Waals surface area (Å²) in [5.41, 5.74) is 1.96. The number of amides is 2. The molecule has 30 heavy (non-hydrogen) atoms. The Morgan fingerprint density at radius 3 is 2.63 bits per heavy atom. The van der Waals surface area contributed by atoms with Crippen LogP contribution in [-0.2, 0) is 13.7 Å². The summed E-state index contributed by atoms with van der Waals surface area (Å²) in [7, 11) is 1.66. The lowest BCUT2D eigenvalue weighted by Crippen LogP contribution is -2.27. The zero-order valence-corrected chi connectivity index (χ0v) is 17.6. The van der Waals surface area contributed by atoms with Gasteiger partial charge >= 0.3 is 0 Å². The second-order valence-electron chi connectivity index (χ2n) is 6.68. The van der Waals surface area contributed by atoms with Crippen molar-refractivity contribution in [1.29, 1.82) is 0 Å². The number of aromatic nitrogens is 2. The molecule has 0 fully saturated rings. The maximum Gasteiger partial charge on any atom is 0.271 e. The summed E-state index contributed by atoms with van der Waals surface area (Å²) in [6.07, 6.45) is 2.28. The van der Waals surface area contributed by atoms with E-state index >= 15 is 0 Å². The Bertz CT molecular complexity index is 1030. The smallest absolute Gasteiger partial charge is 0.271 e. The third kappa shape index (κ3) is 5.39. The third-order valence-electron chi connectivity index (χ3n) is 4.35. The van der Waals surface area contributed by atoms with E-state index in [9.17, 15) is 9.59 Å². The fourth-order valence-electron chi connectivity index (χ4n) is 2.81. The molecule has 1 aromatic heterocycles. The second kappa shape index (κ2) is 9.93. The van der Waals surface area contributed by atoms with Gasteiger partial charge in [0.1, 0.15) is 18.1 Å². The highest BCUT2D eigenvalue weighted by molar-refractivity contribution is 6.30. The van der Waals surface area contributed by atoms with Gasteiger partial charge in [-0.3, -0.25) is 14.3 Å². The van der Waals surface area contributed by atoms with Gasteiger partial charge in [0.15, 0.2) is 0 Å². The van der Waals surface area contributed by atoms with E-state index in [1.54, 1.807) is 49.5 Å². The van der Waals surface area contributed by atoms with Gasteiger partial charge in [0.25, 0.3) is 11.8 Å². The number of aryl methyl sites for hydroxylation is 1. The van der Waals surface area contributed by atoms with Gasteiger partial charge in [-0.15, -0.1) is 0 Å². The number of nitrogens with zero attached hydrogens (tertiary/aromatic N) is 2. The van der Waals surface area contributed by atoms with Crippen molar-refractivity contribution < 1.29 is 14.3 Å². The molecule has 8 heteroatoms. The van der Waals surface area contributed by atoms with Crippen LogP contribution in [0.15, 0.2) is 54.7 Å². The molecule has 0 saturated carbocycles. The maximum absolute atomic E-state index is 12.7. The Hall–Kier alpha value is -3.32. The van der Waals surface area contributed by atoms with Crippen LogP contribution >= 0.6 is 11.6 Å². The molecule has 3 aromatic rings. The molecule has 0 unspecified atom stereocenters. The Balaban J connectivity index is 1.68. The van der Waals surface area contributed by atoms with Crippen LogP contribution < -0.4 is 15.4 Å². The average Bonchev–Trinajstić information content (AvgIpc) is 3.11. The molecule has 0 bridgehead atoms. The Morgan fingerprint density at radius 1 is 1.13 bits per heavy atom. The summed E-state index contributed by atoms with van der Waals surface area (Å²) in [5, 5.41) is 10.3. The van der Waals surface area contributed by atoms with Gasteiger partial charge in [0, 0.05) is 24.2 Å². The van der Waals surface area contributed by atoms with Crippen LogP contribution in [-0.4, -0.2) is 28.1 Å². The summed E-state index contributed by atoms with van der Waals surface area (Å²) in [4.78, 5) is 25.1. The number of halogens is 1. The number of hydrogen-bond acceptors (Lipinski definition) is 4. The number of hydrogen-bond donors (Lipinski definition) is 2.